The Morgan fingerprint density at radius 3 is 3.00 bits per heavy atom. The average Bonchev–Trinajstić information content (AvgIpc) is 2.88. The third-order valence-corrected chi connectivity index (χ3v) is 3.42. The highest BCUT2D eigenvalue weighted by Gasteiger charge is 2.13. The molecule has 1 unspecified atom stereocenters. The molecule has 0 saturated carbocycles. The molecule has 0 fully saturated rings. The molecule has 4 nitrogen and oxygen atoms in total. The highest BCUT2D eigenvalue weighted by molar-refractivity contribution is 9.10. The van der Waals surface area contributed by atoms with Crippen LogP contribution in [-0.2, 0) is 6.54 Å². The van der Waals surface area contributed by atoms with Crippen molar-refractivity contribution in [3.8, 4) is 6.07 Å². The molecule has 1 heterocycles. The number of benzene rings is 1. The molecular formula is C13H12BrFN4. The summed E-state index contributed by atoms with van der Waals surface area (Å²) in [4.78, 5) is 3.95. The molecule has 19 heavy (non-hydrogen) atoms. The lowest BCUT2D eigenvalue weighted by molar-refractivity contribution is 0.596. The largest absolute Gasteiger partial charge is 0.378 e. The number of rotatable bonds is 4. The van der Waals surface area contributed by atoms with E-state index in [0.29, 0.717) is 12.2 Å². The van der Waals surface area contributed by atoms with Gasteiger partial charge in [-0.2, -0.15) is 5.26 Å². The quantitative estimate of drug-likeness (QED) is 0.940. The van der Waals surface area contributed by atoms with Gasteiger partial charge in [-0.1, -0.05) is 0 Å². The molecule has 0 aliphatic rings. The summed E-state index contributed by atoms with van der Waals surface area (Å²) in [6.45, 7) is 2.63. The predicted molar refractivity (Wildman–Crippen MR) is 74.1 cm³/mol. The number of aromatic nitrogens is 2. The summed E-state index contributed by atoms with van der Waals surface area (Å²) in [6.07, 6.45) is 5.26. The first-order chi connectivity index (χ1) is 9.11. The van der Waals surface area contributed by atoms with Crippen molar-refractivity contribution in [2.75, 3.05) is 5.32 Å². The Kier molecular flexibility index (Phi) is 4.17. The zero-order chi connectivity index (χ0) is 13.8. The first-order valence-corrected chi connectivity index (χ1v) is 6.51. The standard InChI is InChI=1S/C13H12BrFN4/c1-9(7-19-5-4-17-8-19)18-11-3-2-10(6-16)12(14)13(11)15/h2-5,8-9,18H,7H2,1H3. The van der Waals surface area contributed by atoms with Crippen molar-refractivity contribution in [2.24, 2.45) is 0 Å². The molecule has 6 heteroatoms. The fraction of sp³-hybridized carbons (Fsp3) is 0.231. The summed E-state index contributed by atoms with van der Waals surface area (Å²) in [5, 5.41) is 11.9. The van der Waals surface area contributed by atoms with Crippen LogP contribution in [0.5, 0.6) is 0 Å². The van der Waals surface area contributed by atoms with Crippen molar-refractivity contribution in [1.29, 1.82) is 5.26 Å². The van der Waals surface area contributed by atoms with Gasteiger partial charge >= 0.3 is 0 Å². The van der Waals surface area contributed by atoms with Gasteiger partial charge in [0, 0.05) is 25.0 Å². The summed E-state index contributed by atoms with van der Waals surface area (Å²) in [5.41, 5.74) is 0.656. The number of hydrogen-bond acceptors (Lipinski definition) is 3. The molecule has 1 N–H and O–H groups in total. The Hall–Kier alpha value is -1.87. The molecule has 1 atom stereocenters. The minimum Gasteiger partial charge on any atom is -0.378 e. The fourth-order valence-corrected chi connectivity index (χ4v) is 2.20. The van der Waals surface area contributed by atoms with Gasteiger partial charge in [0.1, 0.15) is 6.07 Å². The molecule has 98 valence electrons. The van der Waals surface area contributed by atoms with E-state index in [1.807, 2.05) is 23.8 Å². The van der Waals surface area contributed by atoms with E-state index in [4.69, 9.17) is 5.26 Å². The van der Waals surface area contributed by atoms with E-state index in [1.54, 1.807) is 24.7 Å². The molecule has 2 rings (SSSR count). The van der Waals surface area contributed by atoms with E-state index in [9.17, 15) is 4.39 Å². The Bertz CT molecular complexity index is 604. The molecule has 1 aromatic carbocycles. The van der Waals surface area contributed by atoms with Crippen molar-refractivity contribution in [2.45, 2.75) is 19.5 Å². The van der Waals surface area contributed by atoms with Crippen LogP contribution in [0.15, 0.2) is 35.3 Å². The van der Waals surface area contributed by atoms with E-state index in [0.717, 1.165) is 0 Å². The van der Waals surface area contributed by atoms with Crippen LogP contribution in [0.2, 0.25) is 0 Å². The normalized spacial score (nSPS) is 11.9. The third-order valence-electron chi connectivity index (χ3n) is 2.65. The summed E-state index contributed by atoms with van der Waals surface area (Å²) >= 11 is 3.09. The zero-order valence-electron chi connectivity index (χ0n) is 10.3. The number of nitrogens with one attached hydrogen (secondary N) is 1. The monoisotopic (exact) mass is 322 g/mol. The van der Waals surface area contributed by atoms with Gasteiger partial charge in [0.15, 0.2) is 5.82 Å². The predicted octanol–water partition coefficient (Wildman–Crippen LogP) is 3.16. The molecule has 0 radical (unpaired) electrons. The van der Waals surface area contributed by atoms with Crippen LogP contribution in [0, 0.1) is 17.1 Å². The van der Waals surface area contributed by atoms with Gasteiger partial charge in [-0.25, -0.2) is 9.37 Å². The second-order valence-electron chi connectivity index (χ2n) is 4.21. The van der Waals surface area contributed by atoms with E-state index < -0.39 is 5.82 Å². The van der Waals surface area contributed by atoms with Crippen LogP contribution in [0.25, 0.3) is 0 Å². The lowest BCUT2D eigenvalue weighted by Crippen LogP contribution is -2.22. The molecule has 0 aliphatic heterocycles. The summed E-state index contributed by atoms with van der Waals surface area (Å²) in [6, 6.07) is 5.11. The lowest BCUT2D eigenvalue weighted by atomic mass is 10.2. The van der Waals surface area contributed by atoms with E-state index in [2.05, 4.69) is 26.2 Å². The molecule has 0 saturated heterocycles. The number of anilines is 1. The Balaban J connectivity index is 2.11. The Labute approximate surface area is 119 Å². The van der Waals surface area contributed by atoms with E-state index in [1.165, 1.54) is 0 Å². The van der Waals surface area contributed by atoms with Crippen LogP contribution < -0.4 is 5.32 Å². The number of hydrogen-bond donors (Lipinski definition) is 1. The summed E-state index contributed by atoms with van der Waals surface area (Å²) in [7, 11) is 0. The SMILES string of the molecule is CC(Cn1ccnc1)Nc1ccc(C#N)c(Br)c1F. The highest BCUT2D eigenvalue weighted by atomic mass is 79.9. The summed E-state index contributed by atoms with van der Waals surface area (Å²) < 4.78 is 16.1. The van der Waals surface area contributed by atoms with Gasteiger partial charge < -0.3 is 9.88 Å². The van der Waals surface area contributed by atoms with Crippen LogP contribution >= 0.6 is 15.9 Å². The maximum absolute atomic E-state index is 14.0. The van der Waals surface area contributed by atoms with Gasteiger partial charge in [0.25, 0.3) is 0 Å². The van der Waals surface area contributed by atoms with Crippen LogP contribution in [0.1, 0.15) is 12.5 Å². The average molecular weight is 323 g/mol. The van der Waals surface area contributed by atoms with Crippen molar-refractivity contribution in [1.82, 2.24) is 9.55 Å². The molecule has 2 aromatic rings. The first kappa shape index (κ1) is 13.6. The van der Waals surface area contributed by atoms with Gasteiger partial charge in [-0.3, -0.25) is 0 Å². The third kappa shape index (κ3) is 3.12. The zero-order valence-corrected chi connectivity index (χ0v) is 11.9. The van der Waals surface area contributed by atoms with Crippen molar-refractivity contribution >= 4 is 21.6 Å². The molecule has 0 spiro atoms. The van der Waals surface area contributed by atoms with Crippen molar-refractivity contribution in [3.63, 3.8) is 0 Å². The number of halogens is 2. The summed E-state index contributed by atoms with van der Waals surface area (Å²) in [5.74, 6) is -0.448. The second-order valence-corrected chi connectivity index (χ2v) is 5.00. The van der Waals surface area contributed by atoms with E-state index in [-0.39, 0.29) is 16.1 Å². The Morgan fingerprint density at radius 1 is 1.58 bits per heavy atom. The molecule has 0 amide bonds. The van der Waals surface area contributed by atoms with Crippen LogP contribution in [-0.4, -0.2) is 15.6 Å². The van der Waals surface area contributed by atoms with Crippen molar-refractivity contribution < 1.29 is 4.39 Å². The topological polar surface area (TPSA) is 53.6 Å². The van der Waals surface area contributed by atoms with Gasteiger partial charge in [-0.15, -0.1) is 0 Å². The number of imidazole rings is 1. The number of nitriles is 1. The maximum Gasteiger partial charge on any atom is 0.161 e. The van der Waals surface area contributed by atoms with Crippen LogP contribution in [0.4, 0.5) is 10.1 Å². The lowest BCUT2D eigenvalue weighted by Gasteiger charge is -2.17. The Morgan fingerprint density at radius 2 is 2.37 bits per heavy atom. The maximum atomic E-state index is 14.0. The minimum atomic E-state index is -0.448. The van der Waals surface area contributed by atoms with Gasteiger partial charge in [-0.05, 0) is 35.0 Å². The van der Waals surface area contributed by atoms with E-state index >= 15 is 0 Å². The second kappa shape index (κ2) is 5.85. The number of nitrogens with zero attached hydrogens (tertiary/aromatic N) is 3. The first-order valence-electron chi connectivity index (χ1n) is 5.72. The fourth-order valence-electron chi connectivity index (χ4n) is 1.77. The van der Waals surface area contributed by atoms with Gasteiger partial charge in [0.05, 0.1) is 22.1 Å². The smallest absolute Gasteiger partial charge is 0.161 e. The molecule has 0 aliphatic carbocycles. The molecular weight excluding hydrogens is 311 g/mol. The molecule has 1 aromatic heterocycles. The van der Waals surface area contributed by atoms with Gasteiger partial charge in [0.2, 0.25) is 0 Å². The minimum absolute atomic E-state index is 0.0311. The van der Waals surface area contributed by atoms with Crippen LogP contribution in [0.3, 0.4) is 0 Å². The van der Waals surface area contributed by atoms with Crippen molar-refractivity contribution in [3.05, 3.63) is 46.7 Å². The highest BCUT2D eigenvalue weighted by Crippen LogP contribution is 2.27. The molecule has 0 bridgehead atoms.